The number of pyridine rings is 1. The maximum absolute atomic E-state index is 12.1. The van der Waals surface area contributed by atoms with E-state index in [1.807, 2.05) is 37.3 Å². The van der Waals surface area contributed by atoms with Crippen molar-refractivity contribution < 1.29 is 4.79 Å². The third-order valence-corrected chi connectivity index (χ3v) is 4.54. The zero-order chi connectivity index (χ0) is 16.2. The first kappa shape index (κ1) is 15.7. The summed E-state index contributed by atoms with van der Waals surface area (Å²) in [6.45, 7) is 3.81. The van der Waals surface area contributed by atoms with E-state index in [9.17, 15) is 4.79 Å². The molecule has 1 saturated heterocycles. The molecule has 122 valence electrons. The van der Waals surface area contributed by atoms with Crippen molar-refractivity contribution in [2.75, 3.05) is 25.5 Å². The molecule has 2 amide bonds. The van der Waals surface area contributed by atoms with Crippen molar-refractivity contribution in [2.45, 2.75) is 32.2 Å². The van der Waals surface area contributed by atoms with E-state index in [2.05, 4.69) is 27.6 Å². The lowest BCUT2D eigenvalue weighted by molar-refractivity contribution is 0.249. The number of carbonyl (C=O) groups excluding carboxylic acids is 1. The monoisotopic (exact) mass is 312 g/mol. The summed E-state index contributed by atoms with van der Waals surface area (Å²) in [7, 11) is 2.15. The maximum atomic E-state index is 12.1. The fourth-order valence-electron chi connectivity index (χ4n) is 3.21. The van der Waals surface area contributed by atoms with E-state index in [4.69, 9.17) is 0 Å². The summed E-state index contributed by atoms with van der Waals surface area (Å²) in [5.41, 5.74) is 2.52. The topological polar surface area (TPSA) is 57.3 Å². The Bertz CT molecular complexity index is 700. The number of nitrogens with one attached hydrogen (secondary N) is 2. The number of hydrogen-bond donors (Lipinski definition) is 2. The van der Waals surface area contributed by atoms with Crippen LogP contribution >= 0.6 is 0 Å². The van der Waals surface area contributed by atoms with Gasteiger partial charge in [-0.15, -0.1) is 0 Å². The van der Waals surface area contributed by atoms with Gasteiger partial charge in [0.15, 0.2) is 0 Å². The average Bonchev–Trinajstić information content (AvgIpc) is 2.93. The molecule has 2 N–H and O–H groups in total. The van der Waals surface area contributed by atoms with Crippen LogP contribution in [0.5, 0.6) is 0 Å². The van der Waals surface area contributed by atoms with E-state index in [-0.39, 0.29) is 6.03 Å². The molecule has 1 aliphatic heterocycles. The molecule has 5 nitrogen and oxygen atoms in total. The Kier molecular flexibility index (Phi) is 4.76. The van der Waals surface area contributed by atoms with Gasteiger partial charge in [-0.3, -0.25) is 4.98 Å². The number of para-hydroxylation sites is 1. The standard InChI is InChI=1S/C18H24N4O/c1-13-8-9-14-5-3-7-16(17(14)20-13)21-18(23)19-11-10-15-6-4-12-22(15)2/h3,5,7-9,15H,4,6,10-12H2,1-2H3,(H2,19,21,23)/t15-/m1/s1. The van der Waals surface area contributed by atoms with Crippen LogP contribution in [0.4, 0.5) is 10.5 Å². The third kappa shape index (κ3) is 3.79. The lowest BCUT2D eigenvalue weighted by Gasteiger charge is -2.19. The van der Waals surface area contributed by atoms with E-state index in [1.54, 1.807) is 0 Å². The number of anilines is 1. The molecule has 0 aliphatic carbocycles. The average molecular weight is 312 g/mol. The van der Waals surface area contributed by atoms with Gasteiger partial charge < -0.3 is 15.5 Å². The van der Waals surface area contributed by atoms with Crippen LogP contribution in [0.3, 0.4) is 0 Å². The Labute approximate surface area is 137 Å². The molecular formula is C18H24N4O. The number of fused-ring (bicyclic) bond motifs is 1. The van der Waals surface area contributed by atoms with Gasteiger partial charge in [0.1, 0.15) is 0 Å². The minimum absolute atomic E-state index is 0.165. The first-order chi connectivity index (χ1) is 11.1. The molecule has 0 spiro atoms. The van der Waals surface area contributed by atoms with Gasteiger partial charge in [0.2, 0.25) is 0 Å². The van der Waals surface area contributed by atoms with Crippen LogP contribution in [-0.2, 0) is 0 Å². The SMILES string of the molecule is Cc1ccc2cccc(NC(=O)NCC[C@H]3CCCN3C)c2n1. The molecule has 1 atom stereocenters. The molecule has 3 rings (SSSR count). The molecule has 0 bridgehead atoms. The molecule has 0 saturated carbocycles. The predicted octanol–water partition coefficient (Wildman–Crippen LogP) is 3.15. The largest absolute Gasteiger partial charge is 0.338 e. The summed E-state index contributed by atoms with van der Waals surface area (Å²) >= 11 is 0. The number of amides is 2. The predicted molar refractivity (Wildman–Crippen MR) is 93.8 cm³/mol. The summed E-state index contributed by atoms with van der Waals surface area (Å²) in [5, 5.41) is 6.90. The molecular weight excluding hydrogens is 288 g/mol. The molecule has 1 aliphatic rings. The molecule has 5 heteroatoms. The van der Waals surface area contributed by atoms with Gasteiger partial charge in [0, 0.05) is 23.7 Å². The van der Waals surface area contributed by atoms with Gasteiger partial charge in [0.25, 0.3) is 0 Å². The number of rotatable bonds is 4. The van der Waals surface area contributed by atoms with Crippen LogP contribution in [0, 0.1) is 6.92 Å². The zero-order valence-corrected chi connectivity index (χ0v) is 13.8. The minimum atomic E-state index is -0.165. The van der Waals surface area contributed by atoms with Gasteiger partial charge in [0.05, 0.1) is 11.2 Å². The summed E-state index contributed by atoms with van der Waals surface area (Å²) in [6, 6.07) is 10.3. The normalized spacial score (nSPS) is 18.3. The van der Waals surface area contributed by atoms with Crippen LogP contribution in [-0.4, -0.2) is 42.1 Å². The van der Waals surface area contributed by atoms with E-state index >= 15 is 0 Å². The first-order valence-electron chi connectivity index (χ1n) is 8.25. The van der Waals surface area contributed by atoms with Crippen molar-refractivity contribution in [3.05, 3.63) is 36.0 Å². The number of benzene rings is 1. The van der Waals surface area contributed by atoms with Crippen molar-refractivity contribution in [1.82, 2.24) is 15.2 Å². The second kappa shape index (κ2) is 6.96. The van der Waals surface area contributed by atoms with Gasteiger partial charge in [-0.05, 0) is 51.9 Å². The van der Waals surface area contributed by atoms with Gasteiger partial charge >= 0.3 is 6.03 Å². The highest BCUT2D eigenvalue weighted by Gasteiger charge is 2.20. The van der Waals surface area contributed by atoms with Crippen LogP contribution in [0.2, 0.25) is 0 Å². The molecule has 0 unspecified atom stereocenters. The number of nitrogens with zero attached hydrogens (tertiary/aromatic N) is 2. The number of carbonyl (C=O) groups is 1. The number of hydrogen-bond acceptors (Lipinski definition) is 3. The smallest absolute Gasteiger partial charge is 0.319 e. The lowest BCUT2D eigenvalue weighted by atomic mass is 10.1. The Hall–Kier alpha value is -2.14. The minimum Gasteiger partial charge on any atom is -0.338 e. The maximum Gasteiger partial charge on any atom is 0.319 e. The highest BCUT2D eigenvalue weighted by Crippen LogP contribution is 2.21. The molecule has 23 heavy (non-hydrogen) atoms. The first-order valence-corrected chi connectivity index (χ1v) is 8.25. The van der Waals surface area contributed by atoms with Crippen molar-refractivity contribution >= 4 is 22.6 Å². The quantitative estimate of drug-likeness (QED) is 0.912. The second-order valence-electron chi connectivity index (χ2n) is 6.28. The Morgan fingerprint density at radius 3 is 3.00 bits per heavy atom. The van der Waals surface area contributed by atoms with Gasteiger partial charge in [-0.1, -0.05) is 18.2 Å². The second-order valence-corrected chi connectivity index (χ2v) is 6.28. The molecule has 1 aromatic carbocycles. The van der Waals surface area contributed by atoms with Crippen molar-refractivity contribution in [2.24, 2.45) is 0 Å². The molecule has 0 radical (unpaired) electrons. The van der Waals surface area contributed by atoms with Gasteiger partial charge in [-0.2, -0.15) is 0 Å². The van der Waals surface area contributed by atoms with Crippen molar-refractivity contribution in [1.29, 1.82) is 0 Å². The zero-order valence-electron chi connectivity index (χ0n) is 13.8. The molecule has 2 aromatic rings. The Morgan fingerprint density at radius 2 is 2.22 bits per heavy atom. The Morgan fingerprint density at radius 1 is 1.35 bits per heavy atom. The highest BCUT2D eigenvalue weighted by molar-refractivity contribution is 5.99. The third-order valence-electron chi connectivity index (χ3n) is 4.54. The van der Waals surface area contributed by atoms with E-state index < -0.39 is 0 Å². The van der Waals surface area contributed by atoms with Crippen LogP contribution in [0.1, 0.15) is 25.0 Å². The number of aryl methyl sites for hydroxylation is 1. The number of aromatic nitrogens is 1. The van der Waals surface area contributed by atoms with Gasteiger partial charge in [-0.25, -0.2) is 4.79 Å². The number of likely N-dealkylation sites (tertiary alicyclic amines) is 1. The molecule has 1 aromatic heterocycles. The fraction of sp³-hybridized carbons (Fsp3) is 0.444. The van der Waals surface area contributed by atoms with Crippen molar-refractivity contribution in [3.63, 3.8) is 0 Å². The molecule has 1 fully saturated rings. The van der Waals surface area contributed by atoms with E-state index in [0.29, 0.717) is 12.6 Å². The van der Waals surface area contributed by atoms with Crippen LogP contribution in [0.25, 0.3) is 10.9 Å². The van der Waals surface area contributed by atoms with Crippen LogP contribution < -0.4 is 10.6 Å². The summed E-state index contributed by atoms with van der Waals surface area (Å²) in [4.78, 5) is 19.0. The summed E-state index contributed by atoms with van der Waals surface area (Å²) < 4.78 is 0. The summed E-state index contributed by atoms with van der Waals surface area (Å²) in [5.74, 6) is 0. The highest BCUT2D eigenvalue weighted by atomic mass is 16.2. The van der Waals surface area contributed by atoms with Crippen molar-refractivity contribution in [3.8, 4) is 0 Å². The van der Waals surface area contributed by atoms with Crippen LogP contribution in [0.15, 0.2) is 30.3 Å². The fourth-order valence-corrected chi connectivity index (χ4v) is 3.21. The summed E-state index contributed by atoms with van der Waals surface area (Å²) in [6.07, 6.45) is 3.48. The number of urea groups is 1. The lowest BCUT2D eigenvalue weighted by Crippen LogP contribution is -2.34. The van der Waals surface area contributed by atoms with E-state index in [0.717, 1.165) is 35.2 Å². The Balaban J connectivity index is 1.58. The van der Waals surface area contributed by atoms with E-state index in [1.165, 1.54) is 12.8 Å². The molecule has 2 heterocycles.